The first-order chi connectivity index (χ1) is 14.5. The molecule has 2 N–H and O–H groups in total. The van der Waals surface area contributed by atoms with Crippen LogP contribution >= 0.6 is 11.8 Å². The van der Waals surface area contributed by atoms with Crippen LogP contribution in [0.1, 0.15) is 37.0 Å². The number of fused-ring (bicyclic) bond motifs is 3. The summed E-state index contributed by atoms with van der Waals surface area (Å²) in [4.78, 5) is 32.3. The number of carbonyl (C=O) groups excluding carboxylic acids is 2. The molecule has 4 rings (SSSR count). The second-order valence-electron chi connectivity index (χ2n) is 6.96. The number of thioether (sulfide) groups is 1. The van der Waals surface area contributed by atoms with E-state index in [0.717, 1.165) is 22.8 Å². The summed E-state index contributed by atoms with van der Waals surface area (Å²) < 4.78 is 0. The van der Waals surface area contributed by atoms with Crippen molar-refractivity contribution in [1.82, 2.24) is 20.2 Å². The minimum atomic E-state index is -0.380. The van der Waals surface area contributed by atoms with Gasteiger partial charge in [-0.25, -0.2) is 4.98 Å². The van der Waals surface area contributed by atoms with Gasteiger partial charge < -0.3 is 10.3 Å². The zero-order valence-corrected chi connectivity index (χ0v) is 17.5. The van der Waals surface area contributed by atoms with Gasteiger partial charge in [0, 0.05) is 28.6 Å². The number of para-hydroxylation sites is 1. The Morgan fingerprint density at radius 3 is 2.63 bits per heavy atom. The number of hydrogen-bond donors (Lipinski definition) is 2. The van der Waals surface area contributed by atoms with Crippen molar-refractivity contribution in [2.75, 3.05) is 5.32 Å². The molecule has 2 heterocycles. The van der Waals surface area contributed by atoms with E-state index in [1.54, 1.807) is 24.3 Å². The summed E-state index contributed by atoms with van der Waals surface area (Å²) in [6.07, 6.45) is 1.27. The van der Waals surface area contributed by atoms with Crippen LogP contribution in [0.5, 0.6) is 0 Å². The molecule has 0 radical (unpaired) electrons. The number of ketones is 1. The number of carbonyl (C=O) groups is 2. The predicted octanol–water partition coefficient (Wildman–Crippen LogP) is 4.61. The fourth-order valence-electron chi connectivity index (χ4n) is 3.17. The molecule has 0 aliphatic carbocycles. The van der Waals surface area contributed by atoms with Gasteiger partial charge in [0.2, 0.25) is 11.1 Å². The molecule has 0 saturated heterocycles. The van der Waals surface area contributed by atoms with Crippen molar-refractivity contribution in [3.63, 3.8) is 0 Å². The number of amides is 1. The molecule has 2 aromatic heterocycles. The van der Waals surface area contributed by atoms with E-state index in [-0.39, 0.29) is 16.9 Å². The van der Waals surface area contributed by atoms with Gasteiger partial charge in [0.15, 0.2) is 11.4 Å². The van der Waals surface area contributed by atoms with Crippen LogP contribution in [0, 0.1) is 0 Å². The van der Waals surface area contributed by atoms with Crippen molar-refractivity contribution < 1.29 is 9.59 Å². The molecular formula is C22H21N5O2S. The maximum atomic E-state index is 12.8. The van der Waals surface area contributed by atoms with E-state index in [0.29, 0.717) is 28.5 Å². The summed E-state index contributed by atoms with van der Waals surface area (Å²) in [6, 6.07) is 14.8. The summed E-state index contributed by atoms with van der Waals surface area (Å²) in [5, 5.41) is 12.3. The third-order valence-corrected chi connectivity index (χ3v) is 5.64. The lowest BCUT2D eigenvalue weighted by Crippen LogP contribution is -2.15. The van der Waals surface area contributed by atoms with Crippen LogP contribution in [0.2, 0.25) is 0 Å². The predicted molar refractivity (Wildman–Crippen MR) is 119 cm³/mol. The molecule has 1 atom stereocenters. The van der Waals surface area contributed by atoms with Crippen molar-refractivity contribution in [3.8, 4) is 0 Å². The molecule has 1 amide bonds. The van der Waals surface area contributed by atoms with Gasteiger partial charge in [0.25, 0.3) is 0 Å². The van der Waals surface area contributed by atoms with Crippen LogP contribution < -0.4 is 5.32 Å². The summed E-state index contributed by atoms with van der Waals surface area (Å²) in [5.41, 5.74) is 3.58. The van der Waals surface area contributed by atoms with E-state index >= 15 is 0 Å². The Hall–Kier alpha value is -3.26. The Kier molecular flexibility index (Phi) is 5.76. The van der Waals surface area contributed by atoms with Crippen LogP contribution in [0.4, 0.5) is 5.69 Å². The number of Topliss-reactive ketones (excluding diaryl/α,β-unsaturated/α-hetero) is 1. The molecule has 0 unspecified atom stereocenters. The Morgan fingerprint density at radius 2 is 1.87 bits per heavy atom. The van der Waals surface area contributed by atoms with E-state index in [2.05, 4.69) is 25.5 Å². The summed E-state index contributed by atoms with van der Waals surface area (Å²) in [6.45, 7) is 3.78. The molecule has 0 bridgehead atoms. The maximum absolute atomic E-state index is 12.8. The van der Waals surface area contributed by atoms with Crippen LogP contribution in [0.3, 0.4) is 0 Å². The highest BCUT2D eigenvalue weighted by Crippen LogP contribution is 2.26. The normalized spacial score (nSPS) is 12.2. The minimum Gasteiger partial charge on any atom is -0.338 e. The lowest BCUT2D eigenvalue weighted by atomic mass is 10.1. The highest BCUT2D eigenvalue weighted by Gasteiger charge is 2.19. The first-order valence-corrected chi connectivity index (χ1v) is 10.6. The van der Waals surface area contributed by atoms with Gasteiger partial charge in [0.1, 0.15) is 5.52 Å². The third-order valence-electron chi connectivity index (χ3n) is 4.68. The average molecular weight is 420 g/mol. The molecule has 152 valence electrons. The lowest BCUT2D eigenvalue weighted by molar-refractivity contribution is -0.116. The summed E-state index contributed by atoms with van der Waals surface area (Å²) in [7, 11) is 0. The smallest absolute Gasteiger partial charge is 0.224 e. The molecule has 0 aliphatic rings. The van der Waals surface area contributed by atoms with Gasteiger partial charge in [-0.05, 0) is 43.7 Å². The topological polar surface area (TPSA) is 101 Å². The molecular weight excluding hydrogens is 398 g/mol. The maximum Gasteiger partial charge on any atom is 0.224 e. The minimum absolute atomic E-state index is 0.0301. The Morgan fingerprint density at radius 1 is 1.10 bits per heavy atom. The van der Waals surface area contributed by atoms with Crippen molar-refractivity contribution in [2.24, 2.45) is 0 Å². The van der Waals surface area contributed by atoms with Crippen molar-refractivity contribution >= 4 is 51.2 Å². The van der Waals surface area contributed by atoms with Gasteiger partial charge >= 0.3 is 0 Å². The standard InChI is InChI=1S/C22H21N5O2S/c1-3-6-18(28)23-15-11-9-14(10-12-15)20(29)13(2)30-22-25-21-19(26-27-22)16-7-4-5-8-17(16)24-21/h4-5,7-13H,3,6H2,1-2H3,(H,23,28)(H,24,25,27)/t13-/m0/s1. The number of nitrogens with one attached hydrogen (secondary N) is 2. The Bertz CT molecular complexity index is 1220. The van der Waals surface area contributed by atoms with E-state index < -0.39 is 0 Å². The third kappa shape index (κ3) is 4.18. The van der Waals surface area contributed by atoms with Crippen molar-refractivity contribution in [1.29, 1.82) is 0 Å². The highest BCUT2D eigenvalue weighted by atomic mass is 32.2. The van der Waals surface area contributed by atoms with Gasteiger partial charge in [-0.2, -0.15) is 0 Å². The van der Waals surface area contributed by atoms with Crippen LogP contribution in [0.15, 0.2) is 53.7 Å². The summed E-state index contributed by atoms with van der Waals surface area (Å²) >= 11 is 1.27. The van der Waals surface area contributed by atoms with Crippen molar-refractivity contribution in [2.45, 2.75) is 37.1 Å². The quantitative estimate of drug-likeness (QED) is 0.335. The Balaban J connectivity index is 1.46. The number of benzene rings is 2. The number of hydrogen-bond acceptors (Lipinski definition) is 6. The zero-order chi connectivity index (χ0) is 21.1. The first-order valence-electron chi connectivity index (χ1n) is 9.77. The molecule has 7 nitrogen and oxygen atoms in total. The molecule has 0 fully saturated rings. The zero-order valence-electron chi connectivity index (χ0n) is 16.7. The number of H-pyrrole nitrogens is 1. The van der Waals surface area contributed by atoms with Crippen LogP contribution in [-0.2, 0) is 4.79 Å². The molecule has 0 spiro atoms. The van der Waals surface area contributed by atoms with Crippen molar-refractivity contribution in [3.05, 3.63) is 54.1 Å². The fraction of sp³-hybridized carbons (Fsp3) is 0.227. The molecule has 0 aliphatic heterocycles. The second kappa shape index (κ2) is 8.62. The summed E-state index contributed by atoms with van der Waals surface area (Å²) in [5.74, 6) is -0.0655. The lowest BCUT2D eigenvalue weighted by Gasteiger charge is -2.10. The average Bonchev–Trinajstić information content (AvgIpc) is 3.11. The van der Waals surface area contributed by atoms with Gasteiger partial charge in [0.05, 0.1) is 5.25 Å². The van der Waals surface area contributed by atoms with E-state index in [4.69, 9.17) is 0 Å². The number of aromatic amines is 1. The van der Waals surface area contributed by atoms with Gasteiger partial charge in [-0.15, -0.1) is 10.2 Å². The highest BCUT2D eigenvalue weighted by molar-refractivity contribution is 8.00. The monoisotopic (exact) mass is 419 g/mol. The van der Waals surface area contributed by atoms with E-state index in [1.165, 1.54) is 11.8 Å². The van der Waals surface area contributed by atoms with Gasteiger partial charge in [-0.1, -0.05) is 36.9 Å². The number of nitrogens with zero attached hydrogens (tertiary/aromatic N) is 3. The number of rotatable bonds is 7. The van der Waals surface area contributed by atoms with Crippen LogP contribution in [0.25, 0.3) is 22.1 Å². The molecule has 30 heavy (non-hydrogen) atoms. The molecule has 2 aromatic carbocycles. The van der Waals surface area contributed by atoms with Gasteiger partial charge in [-0.3, -0.25) is 9.59 Å². The Labute approximate surface area is 177 Å². The molecule has 8 heteroatoms. The molecule has 4 aromatic rings. The van der Waals surface area contributed by atoms with Crippen LogP contribution in [-0.4, -0.2) is 37.1 Å². The SMILES string of the molecule is CCCC(=O)Nc1ccc(C(=O)[C@H](C)Sc2nnc3c(n2)[nH]c2ccccc23)cc1. The molecule has 0 saturated carbocycles. The second-order valence-corrected chi connectivity index (χ2v) is 8.27. The largest absolute Gasteiger partial charge is 0.338 e. The fourth-order valence-corrected chi connectivity index (χ4v) is 3.96. The first kappa shape index (κ1) is 20.0. The number of anilines is 1. The van der Waals surface area contributed by atoms with E-state index in [1.807, 2.05) is 38.1 Å². The van der Waals surface area contributed by atoms with E-state index in [9.17, 15) is 9.59 Å². The number of aromatic nitrogens is 4.